The van der Waals surface area contributed by atoms with E-state index in [1.165, 1.54) is 0 Å². The van der Waals surface area contributed by atoms with E-state index in [-0.39, 0.29) is 25.0 Å². The third-order valence-electron chi connectivity index (χ3n) is 3.44. The minimum atomic E-state index is -0.251. The Balaban J connectivity index is 1.52. The molecule has 0 radical (unpaired) electrons. The molecule has 24 heavy (non-hydrogen) atoms. The molecule has 0 aliphatic rings. The topological polar surface area (TPSA) is 77.0 Å². The van der Waals surface area contributed by atoms with Crippen LogP contribution in [0.5, 0.6) is 0 Å². The van der Waals surface area contributed by atoms with Crippen LogP contribution in [0.3, 0.4) is 0 Å². The number of anilines is 1. The lowest BCUT2D eigenvalue weighted by atomic mass is 10.2. The molecule has 1 N–H and O–H groups in total. The first-order valence-corrected chi connectivity index (χ1v) is 7.74. The van der Waals surface area contributed by atoms with Gasteiger partial charge in [-0.3, -0.25) is 9.78 Å². The third-order valence-corrected chi connectivity index (χ3v) is 3.44. The fourth-order valence-electron chi connectivity index (χ4n) is 2.29. The summed E-state index contributed by atoms with van der Waals surface area (Å²) in [4.78, 5) is 24.6. The molecule has 0 saturated heterocycles. The SMILES string of the molecule is CC(CC(=O)OCc1ccccc1)Nc1ccc2nccnc2n1. The Morgan fingerprint density at radius 2 is 1.92 bits per heavy atom. The molecular formula is C18H18N4O2. The van der Waals surface area contributed by atoms with Gasteiger partial charge in [0.2, 0.25) is 0 Å². The molecule has 1 unspecified atom stereocenters. The van der Waals surface area contributed by atoms with E-state index in [1.807, 2.05) is 49.4 Å². The van der Waals surface area contributed by atoms with Crippen LogP contribution in [0, 0.1) is 0 Å². The molecule has 0 aliphatic heterocycles. The summed E-state index contributed by atoms with van der Waals surface area (Å²) in [6, 6.07) is 13.2. The van der Waals surface area contributed by atoms with Crippen LogP contribution in [0.25, 0.3) is 11.2 Å². The van der Waals surface area contributed by atoms with Gasteiger partial charge in [-0.05, 0) is 24.6 Å². The predicted octanol–water partition coefficient (Wildman–Crippen LogP) is 2.96. The van der Waals surface area contributed by atoms with Crippen LogP contribution in [0.2, 0.25) is 0 Å². The maximum Gasteiger partial charge on any atom is 0.308 e. The second-order valence-corrected chi connectivity index (χ2v) is 5.49. The van der Waals surface area contributed by atoms with Crippen molar-refractivity contribution < 1.29 is 9.53 Å². The van der Waals surface area contributed by atoms with Gasteiger partial charge in [-0.1, -0.05) is 30.3 Å². The van der Waals surface area contributed by atoms with E-state index >= 15 is 0 Å². The van der Waals surface area contributed by atoms with E-state index in [2.05, 4.69) is 20.3 Å². The molecule has 2 heterocycles. The first kappa shape index (κ1) is 15.9. The van der Waals surface area contributed by atoms with Gasteiger partial charge in [0.1, 0.15) is 17.9 Å². The van der Waals surface area contributed by atoms with Crippen molar-refractivity contribution in [3.8, 4) is 0 Å². The Morgan fingerprint density at radius 3 is 2.75 bits per heavy atom. The molecule has 3 rings (SSSR count). The monoisotopic (exact) mass is 322 g/mol. The van der Waals surface area contributed by atoms with Gasteiger partial charge in [0.05, 0.1) is 6.42 Å². The lowest BCUT2D eigenvalue weighted by Crippen LogP contribution is -2.21. The van der Waals surface area contributed by atoms with E-state index in [0.29, 0.717) is 11.5 Å². The number of hydrogen-bond acceptors (Lipinski definition) is 6. The molecule has 0 saturated carbocycles. The number of fused-ring (bicyclic) bond motifs is 1. The second kappa shape index (κ2) is 7.50. The molecule has 3 aromatic rings. The van der Waals surface area contributed by atoms with Gasteiger partial charge in [-0.15, -0.1) is 0 Å². The number of benzene rings is 1. The zero-order valence-electron chi connectivity index (χ0n) is 13.3. The molecule has 0 fully saturated rings. The number of nitrogens with one attached hydrogen (secondary N) is 1. The van der Waals surface area contributed by atoms with Crippen molar-refractivity contribution in [2.24, 2.45) is 0 Å². The molecular weight excluding hydrogens is 304 g/mol. The quantitative estimate of drug-likeness (QED) is 0.703. The normalized spacial score (nSPS) is 11.9. The minimum absolute atomic E-state index is 0.102. The highest BCUT2D eigenvalue weighted by Gasteiger charge is 2.11. The molecule has 0 aliphatic carbocycles. The van der Waals surface area contributed by atoms with Gasteiger partial charge in [-0.2, -0.15) is 0 Å². The van der Waals surface area contributed by atoms with Crippen molar-refractivity contribution in [3.63, 3.8) is 0 Å². The number of nitrogens with zero attached hydrogens (tertiary/aromatic N) is 3. The summed E-state index contributed by atoms with van der Waals surface area (Å²) in [5, 5.41) is 3.18. The van der Waals surface area contributed by atoms with Crippen molar-refractivity contribution in [1.82, 2.24) is 15.0 Å². The maximum atomic E-state index is 11.9. The standard InChI is InChI=1S/C18H18N4O2/c1-13(11-17(23)24-12-14-5-3-2-4-6-14)21-16-8-7-15-18(22-16)20-10-9-19-15/h2-10,13H,11-12H2,1H3,(H,20,21,22). The third kappa shape index (κ3) is 4.25. The summed E-state index contributed by atoms with van der Waals surface area (Å²) in [6.07, 6.45) is 3.49. The van der Waals surface area contributed by atoms with Crippen molar-refractivity contribution in [1.29, 1.82) is 0 Å². The van der Waals surface area contributed by atoms with E-state index in [4.69, 9.17) is 4.74 Å². The number of esters is 1. The molecule has 1 atom stereocenters. The number of rotatable bonds is 6. The first-order chi connectivity index (χ1) is 11.7. The largest absolute Gasteiger partial charge is 0.461 e. The number of carbonyl (C=O) groups is 1. The Kier molecular flexibility index (Phi) is 4.96. The zero-order valence-corrected chi connectivity index (χ0v) is 13.3. The van der Waals surface area contributed by atoms with E-state index in [0.717, 1.165) is 11.1 Å². The van der Waals surface area contributed by atoms with Gasteiger partial charge in [0.15, 0.2) is 5.65 Å². The summed E-state index contributed by atoms with van der Waals surface area (Å²) in [5.74, 6) is 0.408. The van der Waals surface area contributed by atoms with E-state index < -0.39 is 0 Å². The highest BCUT2D eigenvalue weighted by Crippen LogP contribution is 2.12. The van der Waals surface area contributed by atoms with Gasteiger partial charge in [-0.25, -0.2) is 9.97 Å². The van der Waals surface area contributed by atoms with Crippen LogP contribution < -0.4 is 5.32 Å². The summed E-state index contributed by atoms with van der Waals surface area (Å²) in [7, 11) is 0. The van der Waals surface area contributed by atoms with Crippen LogP contribution in [-0.2, 0) is 16.1 Å². The van der Waals surface area contributed by atoms with Crippen LogP contribution in [0.4, 0.5) is 5.82 Å². The summed E-state index contributed by atoms with van der Waals surface area (Å²) < 4.78 is 5.28. The van der Waals surface area contributed by atoms with Crippen molar-refractivity contribution in [2.75, 3.05) is 5.32 Å². The number of ether oxygens (including phenoxy) is 1. The Labute approximate surface area is 139 Å². The highest BCUT2D eigenvalue weighted by molar-refractivity contribution is 5.72. The van der Waals surface area contributed by atoms with Crippen LogP contribution in [0.1, 0.15) is 18.9 Å². The average molecular weight is 322 g/mol. The van der Waals surface area contributed by atoms with E-state index in [1.54, 1.807) is 12.4 Å². The molecule has 2 aromatic heterocycles. The Morgan fingerprint density at radius 1 is 1.12 bits per heavy atom. The molecule has 122 valence electrons. The lowest BCUT2D eigenvalue weighted by Gasteiger charge is -2.14. The van der Waals surface area contributed by atoms with Crippen molar-refractivity contribution >= 4 is 23.0 Å². The fraction of sp³-hybridized carbons (Fsp3) is 0.222. The van der Waals surface area contributed by atoms with Crippen LogP contribution in [-0.4, -0.2) is 27.0 Å². The maximum absolute atomic E-state index is 11.9. The van der Waals surface area contributed by atoms with Crippen molar-refractivity contribution in [2.45, 2.75) is 26.0 Å². The van der Waals surface area contributed by atoms with Crippen LogP contribution in [0.15, 0.2) is 54.9 Å². The van der Waals surface area contributed by atoms with Crippen LogP contribution >= 0.6 is 0 Å². The number of aromatic nitrogens is 3. The highest BCUT2D eigenvalue weighted by atomic mass is 16.5. The van der Waals surface area contributed by atoms with Gasteiger partial charge < -0.3 is 10.1 Å². The first-order valence-electron chi connectivity index (χ1n) is 7.74. The second-order valence-electron chi connectivity index (χ2n) is 5.49. The molecule has 1 aromatic carbocycles. The molecule has 0 spiro atoms. The van der Waals surface area contributed by atoms with Gasteiger partial charge in [0.25, 0.3) is 0 Å². The summed E-state index contributed by atoms with van der Waals surface area (Å²) in [5.41, 5.74) is 2.28. The number of carbonyl (C=O) groups excluding carboxylic acids is 1. The number of pyridine rings is 1. The summed E-state index contributed by atoms with van der Waals surface area (Å²) in [6.45, 7) is 2.20. The van der Waals surface area contributed by atoms with Gasteiger partial charge >= 0.3 is 5.97 Å². The predicted molar refractivity (Wildman–Crippen MR) is 91.3 cm³/mol. The molecule has 6 heteroatoms. The zero-order chi connectivity index (χ0) is 16.8. The average Bonchev–Trinajstić information content (AvgIpc) is 2.60. The molecule has 0 bridgehead atoms. The minimum Gasteiger partial charge on any atom is -0.461 e. The Hall–Kier alpha value is -3.02. The summed E-state index contributed by atoms with van der Waals surface area (Å²) >= 11 is 0. The lowest BCUT2D eigenvalue weighted by molar-refractivity contribution is -0.145. The number of hydrogen-bond donors (Lipinski definition) is 1. The smallest absolute Gasteiger partial charge is 0.308 e. The van der Waals surface area contributed by atoms with Gasteiger partial charge in [0, 0.05) is 18.4 Å². The van der Waals surface area contributed by atoms with Crippen molar-refractivity contribution in [3.05, 3.63) is 60.4 Å². The Bertz CT molecular complexity index is 823. The van der Waals surface area contributed by atoms with E-state index in [9.17, 15) is 4.79 Å². The fourth-order valence-corrected chi connectivity index (χ4v) is 2.29. The molecule has 0 amide bonds. The molecule has 6 nitrogen and oxygen atoms in total.